The fourth-order valence-corrected chi connectivity index (χ4v) is 2.83. The van der Waals surface area contributed by atoms with Crippen LogP contribution in [0, 0.1) is 5.92 Å². The van der Waals surface area contributed by atoms with Gasteiger partial charge in [-0.15, -0.1) is 0 Å². The molecule has 3 heteroatoms. The minimum absolute atomic E-state index is 0.558. The predicted octanol–water partition coefficient (Wildman–Crippen LogP) is 5.74. The molecule has 0 radical (unpaired) electrons. The van der Waals surface area contributed by atoms with Crippen molar-refractivity contribution < 1.29 is 0 Å². The summed E-state index contributed by atoms with van der Waals surface area (Å²) in [7, 11) is 0. The molecule has 0 aromatic heterocycles. The normalized spacial score (nSPS) is 13.9. The maximum Gasteiger partial charge on any atom is 0.0651 e. The molecular formula is C13H17Br2N. The van der Waals surface area contributed by atoms with Crippen molar-refractivity contribution in [3.05, 3.63) is 27.1 Å². The standard InChI is InChI=1S/C13H17Br2N/c1-4-5-9(2)10(3)16-13-7-11(14)6-12(15)8-13/h6-9H,4-5H2,1-3H3. The van der Waals surface area contributed by atoms with E-state index in [4.69, 9.17) is 0 Å². The van der Waals surface area contributed by atoms with Crippen LogP contribution in [0.5, 0.6) is 0 Å². The first-order valence-electron chi connectivity index (χ1n) is 5.54. The number of hydrogen-bond acceptors (Lipinski definition) is 1. The molecule has 1 atom stereocenters. The van der Waals surface area contributed by atoms with E-state index in [1.807, 2.05) is 18.2 Å². The Morgan fingerprint density at radius 2 is 1.81 bits per heavy atom. The second kappa shape index (κ2) is 6.55. The summed E-state index contributed by atoms with van der Waals surface area (Å²) in [6, 6.07) is 6.09. The van der Waals surface area contributed by atoms with Gasteiger partial charge in [0, 0.05) is 14.7 Å². The molecule has 0 fully saturated rings. The van der Waals surface area contributed by atoms with Gasteiger partial charge in [0.25, 0.3) is 0 Å². The first kappa shape index (κ1) is 13.9. The highest BCUT2D eigenvalue weighted by Crippen LogP contribution is 2.26. The highest BCUT2D eigenvalue weighted by atomic mass is 79.9. The minimum atomic E-state index is 0.558. The van der Waals surface area contributed by atoms with Gasteiger partial charge in [0.15, 0.2) is 0 Å². The zero-order chi connectivity index (χ0) is 12.1. The van der Waals surface area contributed by atoms with Crippen LogP contribution in [-0.4, -0.2) is 5.71 Å². The van der Waals surface area contributed by atoms with E-state index in [1.54, 1.807) is 0 Å². The second-order valence-corrected chi connectivity index (χ2v) is 5.90. The number of aliphatic imine (C=N–C) groups is 1. The van der Waals surface area contributed by atoms with Crippen LogP contribution in [0.25, 0.3) is 0 Å². The van der Waals surface area contributed by atoms with Gasteiger partial charge in [-0.1, -0.05) is 52.1 Å². The Balaban J connectivity index is 2.88. The SMILES string of the molecule is CCCC(C)C(C)=Nc1cc(Br)cc(Br)c1. The lowest BCUT2D eigenvalue weighted by Crippen LogP contribution is -2.05. The fourth-order valence-electron chi connectivity index (χ4n) is 1.56. The molecule has 0 saturated carbocycles. The van der Waals surface area contributed by atoms with Gasteiger partial charge in [-0.25, -0.2) is 0 Å². The molecule has 16 heavy (non-hydrogen) atoms. The number of nitrogens with zero attached hydrogens (tertiary/aromatic N) is 1. The van der Waals surface area contributed by atoms with Crippen LogP contribution >= 0.6 is 31.9 Å². The Kier molecular flexibility index (Phi) is 5.70. The molecule has 0 saturated heterocycles. The lowest BCUT2D eigenvalue weighted by atomic mass is 10.0. The van der Waals surface area contributed by atoms with Crippen molar-refractivity contribution in [3.8, 4) is 0 Å². The molecule has 1 nitrogen and oxygen atoms in total. The van der Waals surface area contributed by atoms with Gasteiger partial charge in [-0.2, -0.15) is 0 Å². The molecule has 0 amide bonds. The van der Waals surface area contributed by atoms with Crippen LogP contribution in [0.4, 0.5) is 5.69 Å². The summed E-state index contributed by atoms with van der Waals surface area (Å²) in [6.45, 7) is 6.55. The van der Waals surface area contributed by atoms with Crippen LogP contribution in [-0.2, 0) is 0 Å². The second-order valence-electron chi connectivity index (χ2n) is 4.07. The Labute approximate surface area is 115 Å². The van der Waals surface area contributed by atoms with E-state index in [1.165, 1.54) is 18.6 Å². The predicted molar refractivity (Wildman–Crippen MR) is 78.7 cm³/mol. The Bertz CT molecular complexity index is 365. The summed E-state index contributed by atoms with van der Waals surface area (Å²) in [6.07, 6.45) is 2.40. The van der Waals surface area contributed by atoms with Gasteiger partial charge in [0.2, 0.25) is 0 Å². The van der Waals surface area contributed by atoms with Gasteiger partial charge in [-0.3, -0.25) is 4.99 Å². The molecule has 0 aliphatic carbocycles. The first-order valence-corrected chi connectivity index (χ1v) is 7.12. The molecule has 0 aliphatic rings. The van der Waals surface area contributed by atoms with Crippen LogP contribution in [0.1, 0.15) is 33.6 Å². The maximum atomic E-state index is 4.66. The molecule has 0 heterocycles. The summed E-state index contributed by atoms with van der Waals surface area (Å²) in [4.78, 5) is 4.66. The van der Waals surface area contributed by atoms with E-state index in [-0.39, 0.29) is 0 Å². The molecule has 1 rings (SSSR count). The molecule has 1 aromatic rings. The van der Waals surface area contributed by atoms with E-state index >= 15 is 0 Å². The Hall–Kier alpha value is -0.150. The summed E-state index contributed by atoms with van der Waals surface area (Å²) < 4.78 is 2.10. The van der Waals surface area contributed by atoms with Crippen molar-refractivity contribution in [1.29, 1.82) is 0 Å². The molecule has 88 valence electrons. The number of halogens is 2. The van der Waals surface area contributed by atoms with E-state index in [2.05, 4.69) is 57.6 Å². The molecule has 0 aliphatic heterocycles. The zero-order valence-corrected chi connectivity index (χ0v) is 13.1. The molecular weight excluding hydrogens is 330 g/mol. The van der Waals surface area contributed by atoms with E-state index < -0.39 is 0 Å². The van der Waals surface area contributed by atoms with Gasteiger partial charge in [0.1, 0.15) is 0 Å². The van der Waals surface area contributed by atoms with Crippen LogP contribution in [0.3, 0.4) is 0 Å². The summed E-state index contributed by atoms with van der Waals surface area (Å²) >= 11 is 6.94. The van der Waals surface area contributed by atoms with Crippen molar-refractivity contribution in [2.24, 2.45) is 10.9 Å². The molecule has 0 bridgehead atoms. The van der Waals surface area contributed by atoms with Crippen molar-refractivity contribution >= 4 is 43.3 Å². The van der Waals surface area contributed by atoms with Crippen molar-refractivity contribution in [2.75, 3.05) is 0 Å². The van der Waals surface area contributed by atoms with Gasteiger partial charge in [-0.05, 0) is 37.5 Å². The average molecular weight is 347 g/mol. The lowest BCUT2D eigenvalue weighted by Gasteiger charge is -2.09. The van der Waals surface area contributed by atoms with Crippen molar-refractivity contribution in [2.45, 2.75) is 33.6 Å². The summed E-state index contributed by atoms with van der Waals surface area (Å²) in [5.41, 5.74) is 2.20. The average Bonchev–Trinajstić information content (AvgIpc) is 2.16. The molecule has 1 unspecified atom stereocenters. The third-order valence-electron chi connectivity index (χ3n) is 2.59. The maximum absolute atomic E-state index is 4.66. The van der Waals surface area contributed by atoms with Crippen molar-refractivity contribution in [3.63, 3.8) is 0 Å². The lowest BCUT2D eigenvalue weighted by molar-refractivity contribution is 0.664. The Morgan fingerprint density at radius 3 is 2.31 bits per heavy atom. The molecule has 0 spiro atoms. The van der Waals surface area contributed by atoms with E-state index in [9.17, 15) is 0 Å². The monoisotopic (exact) mass is 345 g/mol. The molecule has 1 aromatic carbocycles. The first-order chi connectivity index (χ1) is 7.52. The van der Waals surface area contributed by atoms with E-state index in [0.717, 1.165) is 14.6 Å². The Morgan fingerprint density at radius 1 is 1.25 bits per heavy atom. The van der Waals surface area contributed by atoms with Crippen LogP contribution in [0.15, 0.2) is 32.1 Å². The number of rotatable bonds is 4. The zero-order valence-electron chi connectivity index (χ0n) is 9.93. The van der Waals surface area contributed by atoms with Gasteiger partial charge < -0.3 is 0 Å². The van der Waals surface area contributed by atoms with E-state index in [0.29, 0.717) is 5.92 Å². The summed E-state index contributed by atoms with van der Waals surface area (Å²) in [5, 5.41) is 0. The highest BCUT2D eigenvalue weighted by molar-refractivity contribution is 9.11. The minimum Gasteiger partial charge on any atom is -0.258 e. The van der Waals surface area contributed by atoms with Crippen LogP contribution < -0.4 is 0 Å². The number of benzene rings is 1. The topological polar surface area (TPSA) is 12.4 Å². The summed E-state index contributed by atoms with van der Waals surface area (Å²) in [5.74, 6) is 0.558. The van der Waals surface area contributed by atoms with Crippen LogP contribution in [0.2, 0.25) is 0 Å². The highest BCUT2D eigenvalue weighted by Gasteiger charge is 2.05. The van der Waals surface area contributed by atoms with Gasteiger partial charge in [0.05, 0.1) is 5.69 Å². The quantitative estimate of drug-likeness (QED) is 0.616. The fraction of sp³-hybridized carbons (Fsp3) is 0.462. The van der Waals surface area contributed by atoms with Gasteiger partial charge >= 0.3 is 0 Å². The number of hydrogen-bond donors (Lipinski definition) is 0. The molecule has 0 N–H and O–H groups in total. The smallest absolute Gasteiger partial charge is 0.0651 e. The third-order valence-corrected chi connectivity index (χ3v) is 3.50. The van der Waals surface area contributed by atoms with Crippen molar-refractivity contribution in [1.82, 2.24) is 0 Å². The third kappa shape index (κ3) is 4.38. The largest absolute Gasteiger partial charge is 0.258 e.